The zero-order chi connectivity index (χ0) is 19.4. The number of aryl methyl sites for hydroxylation is 3. The lowest BCUT2D eigenvalue weighted by Gasteiger charge is -2.07. The second kappa shape index (κ2) is 7.76. The van der Waals surface area contributed by atoms with Crippen LogP contribution in [0.3, 0.4) is 0 Å². The number of rotatable bonds is 4. The second-order valence-electron chi connectivity index (χ2n) is 6.54. The van der Waals surface area contributed by atoms with Gasteiger partial charge < -0.3 is 9.88 Å². The fourth-order valence-corrected chi connectivity index (χ4v) is 2.88. The first kappa shape index (κ1) is 18.2. The highest BCUT2D eigenvalue weighted by Gasteiger charge is 2.11. The minimum Gasteiger partial charge on any atom is -0.321 e. The van der Waals surface area contributed by atoms with Crippen molar-refractivity contribution in [3.8, 4) is 11.8 Å². The summed E-state index contributed by atoms with van der Waals surface area (Å²) in [6, 6.07) is 19.6. The molecule has 0 fully saturated rings. The van der Waals surface area contributed by atoms with E-state index < -0.39 is 5.91 Å². The summed E-state index contributed by atoms with van der Waals surface area (Å²) in [6.07, 6.45) is 3.54. The zero-order valence-corrected chi connectivity index (χ0v) is 15.7. The monoisotopic (exact) mass is 355 g/mol. The average molecular weight is 355 g/mol. The molecular formula is C23H21N3O. The van der Waals surface area contributed by atoms with Gasteiger partial charge in [-0.05, 0) is 73.9 Å². The summed E-state index contributed by atoms with van der Waals surface area (Å²) in [5.41, 5.74) is 5.86. The van der Waals surface area contributed by atoms with Gasteiger partial charge in [0.05, 0.1) is 0 Å². The van der Waals surface area contributed by atoms with Crippen molar-refractivity contribution in [3.05, 3.63) is 88.8 Å². The van der Waals surface area contributed by atoms with Crippen molar-refractivity contribution >= 4 is 17.7 Å². The maximum atomic E-state index is 12.5. The molecule has 1 N–H and O–H groups in total. The Morgan fingerprint density at radius 1 is 1.04 bits per heavy atom. The molecule has 0 aliphatic carbocycles. The third kappa shape index (κ3) is 4.16. The summed E-state index contributed by atoms with van der Waals surface area (Å²) >= 11 is 0. The molecular weight excluding hydrogens is 334 g/mol. The fourth-order valence-electron chi connectivity index (χ4n) is 2.88. The van der Waals surface area contributed by atoms with Gasteiger partial charge in [0.25, 0.3) is 5.91 Å². The smallest absolute Gasteiger partial charge is 0.266 e. The number of carbonyl (C=O) groups excluding carboxylic acids is 1. The van der Waals surface area contributed by atoms with Crippen molar-refractivity contribution in [2.24, 2.45) is 0 Å². The molecule has 0 atom stereocenters. The average Bonchev–Trinajstić information content (AvgIpc) is 3.03. The van der Waals surface area contributed by atoms with Crippen molar-refractivity contribution in [2.45, 2.75) is 20.8 Å². The molecule has 1 heterocycles. The second-order valence-corrected chi connectivity index (χ2v) is 6.54. The topological polar surface area (TPSA) is 57.8 Å². The van der Waals surface area contributed by atoms with Gasteiger partial charge in [-0.2, -0.15) is 5.26 Å². The van der Waals surface area contributed by atoms with Crippen molar-refractivity contribution in [2.75, 3.05) is 5.32 Å². The van der Waals surface area contributed by atoms with Gasteiger partial charge in [0.1, 0.15) is 11.6 Å². The van der Waals surface area contributed by atoms with E-state index in [4.69, 9.17) is 0 Å². The summed E-state index contributed by atoms with van der Waals surface area (Å²) in [7, 11) is 0. The standard InChI is InChI=1S/C23H21N3O/c1-16-9-10-21(11-17(16)2)25-23(27)20(14-24)13-19-12-18(3)26(15-19)22-7-5-4-6-8-22/h4-13,15H,1-3H3,(H,25,27)/b20-13+. The van der Waals surface area contributed by atoms with E-state index in [1.165, 1.54) is 0 Å². The van der Waals surface area contributed by atoms with Crippen molar-refractivity contribution < 1.29 is 4.79 Å². The summed E-state index contributed by atoms with van der Waals surface area (Å²) in [4.78, 5) is 12.5. The number of nitriles is 1. The van der Waals surface area contributed by atoms with Gasteiger partial charge >= 0.3 is 0 Å². The number of benzene rings is 2. The van der Waals surface area contributed by atoms with Crippen LogP contribution in [-0.4, -0.2) is 10.5 Å². The summed E-state index contributed by atoms with van der Waals surface area (Å²) in [5, 5.41) is 12.2. The minimum atomic E-state index is -0.411. The van der Waals surface area contributed by atoms with Crippen LogP contribution < -0.4 is 5.32 Å². The van der Waals surface area contributed by atoms with Crippen LogP contribution in [0.4, 0.5) is 5.69 Å². The highest BCUT2D eigenvalue weighted by atomic mass is 16.1. The van der Waals surface area contributed by atoms with Gasteiger partial charge in [0.15, 0.2) is 0 Å². The van der Waals surface area contributed by atoms with Crippen molar-refractivity contribution in [1.29, 1.82) is 5.26 Å². The molecule has 3 aromatic rings. The molecule has 1 aromatic heterocycles. The summed E-state index contributed by atoms with van der Waals surface area (Å²) in [6.45, 7) is 5.99. The molecule has 0 saturated carbocycles. The Balaban J connectivity index is 1.85. The molecule has 27 heavy (non-hydrogen) atoms. The van der Waals surface area contributed by atoms with Crippen LogP contribution in [0.5, 0.6) is 0 Å². The number of nitrogens with zero attached hydrogens (tertiary/aromatic N) is 2. The van der Waals surface area contributed by atoms with E-state index in [9.17, 15) is 10.1 Å². The largest absolute Gasteiger partial charge is 0.321 e. The summed E-state index contributed by atoms with van der Waals surface area (Å²) < 4.78 is 2.03. The number of para-hydroxylation sites is 1. The van der Waals surface area contributed by atoms with Crippen LogP contribution in [0.15, 0.2) is 66.4 Å². The van der Waals surface area contributed by atoms with E-state index in [1.807, 2.05) is 92.2 Å². The summed E-state index contributed by atoms with van der Waals surface area (Å²) in [5.74, 6) is -0.411. The first-order valence-electron chi connectivity index (χ1n) is 8.73. The first-order valence-corrected chi connectivity index (χ1v) is 8.73. The molecule has 134 valence electrons. The minimum absolute atomic E-state index is 0.0680. The van der Waals surface area contributed by atoms with Crippen molar-refractivity contribution in [1.82, 2.24) is 4.57 Å². The Morgan fingerprint density at radius 2 is 1.78 bits per heavy atom. The van der Waals surface area contributed by atoms with Crippen LogP contribution in [-0.2, 0) is 4.79 Å². The highest BCUT2D eigenvalue weighted by Crippen LogP contribution is 2.19. The van der Waals surface area contributed by atoms with Gasteiger partial charge in [-0.3, -0.25) is 4.79 Å². The van der Waals surface area contributed by atoms with Crippen LogP contribution >= 0.6 is 0 Å². The number of anilines is 1. The number of amides is 1. The van der Waals surface area contributed by atoms with Crippen LogP contribution in [0.2, 0.25) is 0 Å². The van der Waals surface area contributed by atoms with E-state index >= 15 is 0 Å². The number of aromatic nitrogens is 1. The first-order chi connectivity index (χ1) is 13.0. The van der Waals surface area contributed by atoms with Gasteiger partial charge in [0, 0.05) is 23.3 Å². The molecule has 1 amide bonds. The number of hydrogen-bond acceptors (Lipinski definition) is 2. The fraction of sp³-hybridized carbons (Fsp3) is 0.130. The predicted molar refractivity (Wildman–Crippen MR) is 109 cm³/mol. The van der Waals surface area contributed by atoms with Crippen LogP contribution in [0.1, 0.15) is 22.4 Å². The van der Waals surface area contributed by atoms with Crippen molar-refractivity contribution in [3.63, 3.8) is 0 Å². The third-order valence-electron chi connectivity index (χ3n) is 4.51. The van der Waals surface area contributed by atoms with E-state index in [2.05, 4.69) is 5.32 Å². The number of carbonyl (C=O) groups is 1. The SMILES string of the molecule is Cc1ccc(NC(=O)/C(C#N)=C/c2cc(C)n(-c3ccccc3)c2)cc1C. The number of hydrogen-bond donors (Lipinski definition) is 1. The Kier molecular flexibility index (Phi) is 5.23. The molecule has 3 rings (SSSR count). The molecule has 0 radical (unpaired) electrons. The Labute approximate surface area is 159 Å². The lowest BCUT2D eigenvalue weighted by molar-refractivity contribution is -0.112. The molecule has 0 aliphatic rings. The lowest BCUT2D eigenvalue weighted by Crippen LogP contribution is -2.13. The lowest BCUT2D eigenvalue weighted by atomic mass is 10.1. The molecule has 4 heteroatoms. The molecule has 0 saturated heterocycles. The quantitative estimate of drug-likeness (QED) is 0.532. The highest BCUT2D eigenvalue weighted by molar-refractivity contribution is 6.09. The molecule has 0 spiro atoms. The normalized spacial score (nSPS) is 11.1. The molecule has 0 bridgehead atoms. The molecule has 0 unspecified atom stereocenters. The van der Waals surface area contributed by atoms with Gasteiger partial charge in [-0.25, -0.2) is 0 Å². The molecule has 4 nitrogen and oxygen atoms in total. The van der Waals surface area contributed by atoms with Gasteiger partial charge in [-0.15, -0.1) is 0 Å². The van der Waals surface area contributed by atoms with E-state index in [1.54, 1.807) is 6.08 Å². The van der Waals surface area contributed by atoms with Crippen LogP contribution in [0, 0.1) is 32.1 Å². The Morgan fingerprint density at radius 3 is 2.44 bits per heavy atom. The maximum Gasteiger partial charge on any atom is 0.266 e. The third-order valence-corrected chi connectivity index (χ3v) is 4.51. The Bertz CT molecular complexity index is 1050. The van der Waals surface area contributed by atoms with Gasteiger partial charge in [-0.1, -0.05) is 24.3 Å². The van der Waals surface area contributed by atoms with Gasteiger partial charge in [0.2, 0.25) is 0 Å². The van der Waals surface area contributed by atoms with E-state index in [0.717, 1.165) is 28.1 Å². The predicted octanol–water partition coefficient (Wildman–Crippen LogP) is 4.95. The zero-order valence-electron chi connectivity index (χ0n) is 15.7. The van der Waals surface area contributed by atoms with Crippen LogP contribution in [0.25, 0.3) is 11.8 Å². The Hall–Kier alpha value is -3.58. The number of nitrogens with one attached hydrogen (secondary N) is 1. The van der Waals surface area contributed by atoms with E-state index in [-0.39, 0.29) is 5.57 Å². The van der Waals surface area contributed by atoms with E-state index in [0.29, 0.717) is 5.69 Å². The molecule has 2 aromatic carbocycles. The maximum absolute atomic E-state index is 12.5. The molecule has 0 aliphatic heterocycles.